The molecule has 1 N–H and O–H groups in total. The number of hydrogen-bond acceptors (Lipinski definition) is 3. The lowest BCUT2D eigenvalue weighted by molar-refractivity contribution is 0.102. The number of amides is 1. The summed E-state index contributed by atoms with van der Waals surface area (Å²) < 4.78 is 11.2. The van der Waals surface area contributed by atoms with Crippen molar-refractivity contribution in [3.8, 4) is 11.5 Å². The van der Waals surface area contributed by atoms with Crippen molar-refractivity contribution in [1.82, 2.24) is 0 Å². The molecule has 2 aromatic rings. The Bertz CT molecular complexity index is 690. The van der Waals surface area contributed by atoms with Gasteiger partial charge in [0.25, 0.3) is 5.91 Å². The highest BCUT2D eigenvalue weighted by molar-refractivity contribution is 9.10. The minimum Gasteiger partial charge on any atom is -0.454 e. The van der Waals surface area contributed by atoms with Gasteiger partial charge in [0, 0.05) is 16.6 Å². The van der Waals surface area contributed by atoms with Gasteiger partial charge in [-0.3, -0.25) is 4.79 Å². The van der Waals surface area contributed by atoms with Crippen LogP contribution in [0.5, 0.6) is 11.5 Å². The van der Waals surface area contributed by atoms with Crippen LogP contribution < -0.4 is 14.8 Å². The monoisotopic (exact) mass is 353 g/mol. The van der Waals surface area contributed by atoms with E-state index in [2.05, 4.69) is 21.2 Å². The van der Waals surface area contributed by atoms with Crippen molar-refractivity contribution >= 4 is 39.1 Å². The van der Waals surface area contributed by atoms with E-state index < -0.39 is 0 Å². The quantitative estimate of drug-likeness (QED) is 0.884. The molecule has 1 aliphatic rings. The maximum absolute atomic E-state index is 12.2. The molecule has 20 heavy (non-hydrogen) atoms. The zero-order valence-electron chi connectivity index (χ0n) is 10.2. The van der Waals surface area contributed by atoms with Crippen LogP contribution in [0, 0.1) is 0 Å². The highest BCUT2D eigenvalue weighted by atomic mass is 79.9. The van der Waals surface area contributed by atoms with Crippen LogP contribution in [-0.2, 0) is 0 Å². The van der Waals surface area contributed by atoms with E-state index in [9.17, 15) is 4.79 Å². The molecule has 0 atom stereocenters. The van der Waals surface area contributed by atoms with E-state index in [1.54, 1.807) is 30.3 Å². The Balaban J connectivity index is 1.88. The molecule has 0 saturated heterocycles. The molecule has 0 fully saturated rings. The molecule has 0 aromatic heterocycles. The van der Waals surface area contributed by atoms with Crippen molar-refractivity contribution in [2.75, 3.05) is 12.1 Å². The van der Waals surface area contributed by atoms with Gasteiger partial charge in [-0.15, -0.1) is 0 Å². The summed E-state index contributed by atoms with van der Waals surface area (Å²) in [6.45, 7) is 0.160. The van der Waals surface area contributed by atoms with E-state index in [1.165, 1.54) is 0 Å². The zero-order valence-corrected chi connectivity index (χ0v) is 12.5. The average molecular weight is 355 g/mol. The second-order valence-corrected chi connectivity index (χ2v) is 5.38. The SMILES string of the molecule is O=C(Nc1cc2c(cc1Cl)OCO2)c1ccccc1Br. The molecule has 0 saturated carbocycles. The summed E-state index contributed by atoms with van der Waals surface area (Å²) in [5, 5.41) is 3.16. The van der Waals surface area contributed by atoms with Crippen molar-refractivity contribution in [3.05, 3.63) is 51.5 Å². The molecule has 102 valence electrons. The van der Waals surface area contributed by atoms with Gasteiger partial charge in [-0.25, -0.2) is 0 Å². The minimum absolute atomic E-state index is 0.160. The first kappa shape index (κ1) is 13.3. The van der Waals surface area contributed by atoms with Crippen molar-refractivity contribution < 1.29 is 14.3 Å². The van der Waals surface area contributed by atoms with Crippen LogP contribution in [-0.4, -0.2) is 12.7 Å². The van der Waals surface area contributed by atoms with Gasteiger partial charge in [-0.2, -0.15) is 0 Å². The number of rotatable bonds is 2. The molecule has 0 radical (unpaired) electrons. The molecule has 0 bridgehead atoms. The number of hydrogen-bond donors (Lipinski definition) is 1. The molecule has 2 aromatic carbocycles. The lowest BCUT2D eigenvalue weighted by Gasteiger charge is -2.09. The van der Waals surface area contributed by atoms with Gasteiger partial charge in [-0.05, 0) is 28.1 Å². The first-order valence-corrected chi connectivity index (χ1v) is 6.97. The highest BCUT2D eigenvalue weighted by Gasteiger charge is 2.18. The number of benzene rings is 2. The van der Waals surface area contributed by atoms with E-state index in [-0.39, 0.29) is 12.7 Å². The summed E-state index contributed by atoms with van der Waals surface area (Å²) in [4.78, 5) is 12.2. The minimum atomic E-state index is -0.252. The van der Waals surface area contributed by atoms with Crippen LogP contribution in [0.2, 0.25) is 5.02 Å². The summed E-state index contributed by atoms with van der Waals surface area (Å²) >= 11 is 9.46. The number of nitrogens with one attached hydrogen (secondary N) is 1. The van der Waals surface area contributed by atoms with Crippen LogP contribution in [0.25, 0.3) is 0 Å². The van der Waals surface area contributed by atoms with Crippen LogP contribution in [0.3, 0.4) is 0 Å². The largest absolute Gasteiger partial charge is 0.454 e. The fourth-order valence-corrected chi connectivity index (χ4v) is 2.51. The summed E-state index contributed by atoms with van der Waals surface area (Å²) in [5.41, 5.74) is 1.01. The van der Waals surface area contributed by atoms with Gasteiger partial charge in [0.15, 0.2) is 11.5 Å². The van der Waals surface area contributed by atoms with E-state index in [4.69, 9.17) is 21.1 Å². The molecular weight excluding hydrogens is 346 g/mol. The second kappa shape index (κ2) is 5.34. The third kappa shape index (κ3) is 2.46. The van der Waals surface area contributed by atoms with Crippen molar-refractivity contribution in [2.45, 2.75) is 0 Å². The Morgan fingerprint density at radius 3 is 2.65 bits per heavy atom. The Morgan fingerprint density at radius 2 is 1.90 bits per heavy atom. The highest BCUT2D eigenvalue weighted by Crippen LogP contribution is 2.39. The third-order valence-electron chi connectivity index (χ3n) is 2.83. The van der Waals surface area contributed by atoms with Gasteiger partial charge in [0.05, 0.1) is 16.3 Å². The number of halogens is 2. The van der Waals surface area contributed by atoms with Crippen molar-refractivity contribution in [1.29, 1.82) is 0 Å². The summed E-state index contributed by atoms with van der Waals surface area (Å²) in [5.74, 6) is 0.893. The Kier molecular flexibility index (Phi) is 3.54. The van der Waals surface area contributed by atoms with Gasteiger partial charge in [0.2, 0.25) is 6.79 Å². The van der Waals surface area contributed by atoms with E-state index in [0.717, 1.165) is 4.47 Å². The van der Waals surface area contributed by atoms with E-state index in [1.807, 2.05) is 6.07 Å². The van der Waals surface area contributed by atoms with Crippen LogP contribution in [0.1, 0.15) is 10.4 Å². The summed E-state index contributed by atoms with van der Waals surface area (Å²) in [6, 6.07) is 10.4. The standard InChI is InChI=1S/C14H9BrClNO3/c15-9-4-2-1-3-8(9)14(18)17-11-6-13-12(5-10(11)16)19-7-20-13/h1-6H,7H2,(H,17,18). The number of anilines is 1. The molecule has 1 heterocycles. The Labute approximate surface area is 128 Å². The van der Waals surface area contributed by atoms with Gasteiger partial charge >= 0.3 is 0 Å². The first-order chi connectivity index (χ1) is 9.65. The van der Waals surface area contributed by atoms with Gasteiger partial charge < -0.3 is 14.8 Å². The fourth-order valence-electron chi connectivity index (χ4n) is 1.85. The molecule has 0 spiro atoms. The topological polar surface area (TPSA) is 47.6 Å². The van der Waals surface area contributed by atoms with E-state index >= 15 is 0 Å². The normalized spacial score (nSPS) is 12.3. The number of fused-ring (bicyclic) bond motifs is 1. The van der Waals surface area contributed by atoms with Gasteiger partial charge in [0.1, 0.15) is 0 Å². The molecule has 1 aliphatic heterocycles. The maximum atomic E-state index is 12.2. The Hall–Kier alpha value is -1.72. The van der Waals surface area contributed by atoms with Crippen LogP contribution in [0.4, 0.5) is 5.69 Å². The summed E-state index contributed by atoms with van der Waals surface area (Å²) in [6.07, 6.45) is 0. The van der Waals surface area contributed by atoms with Crippen molar-refractivity contribution in [3.63, 3.8) is 0 Å². The summed E-state index contributed by atoms with van der Waals surface area (Å²) in [7, 11) is 0. The molecule has 6 heteroatoms. The molecule has 4 nitrogen and oxygen atoms in total. The van der Waals surface area contributed by atoms with Crippen molar-refractivity contribution in [2.24, 2.45) is 0 Å². The third-order valence-corrected chi connectivity index (χ3v) is 3.83. The maximum Gasteiger partial charge on any atom is 0.256 e. The molecule has 0 aliphatic carbocycles. The predicted octanol–water partition coefficient (Wildman–Crippen LogP) is 4.08. The van der Waals surface area contributed by atoms with E-state index in [0.29, 0.717) is 27.8 Å². The van der Waals surface area contributed by atoms with Crippen LogP contribution in [0.15, 0.2) is 40.9 Å². The molecular formula is C14H9BrClNO3. The van der Waals surface area contributed by atoms with Crippen LogP contribution >= 0.6 is 27.5 Å². The lowest BCUT2D eigenvalue weighted by Crippen LogP contribution is -2.12. The fraction of sp³-hybridized carbons (Fsp3) is 0.0714. The second-order valence-electron chi connectivity index (χ2n) is 4.12. The molecule has 3 rings (SSSR count). The first-order valence-electron chi connectivity index (χ1n) is 5.80. The number of carbonyl (C=O) groups excluding carboxylic acids is 1. The predicted molar refractivity (Wildman–Crippen MR) is 79.7 cm³/mol. The zero-order chi connectivity index (χ0) is 14.1. The van der Waals surface area contributed by atoms with Gasteiger partial charge in [-0.1, -0.05) is 23.7 Å². The molecule has 0 unspecified atom stereocenters. The smallest absolute Gasteiger partial charge is 0.256 e. The molecule has 1 amide bonds. The average Bonchev–Trinajstić information content (AvgIpc) is 2.86. The number of carbonyl (C=O) groups is 1. The lowest BCUT2D eigenvalue weighted by atomic mass is 10.2. The number of ether oxygens (including phenoxy) is 2. The Morgan fingerprint density at radius 1 is 1.20 bits per heavy atom.